The molecule has 176 valence electrons. The van der Waals surface area contributed by atoms with Gasteiger partial charge >= 0.3 is 15.6 Å². The van der Waals surface area contributed by atoms with Crippen molar-refractivity contribution < 1.29 is 26.1 Å². The van der Waals surface area contributed by atoms with Gasteiger partial charge in [0, 0.05) is 6.54 Å². The minimum Gasteiger partial charge on any atom is -0.303 e. The summed E-state index contributed by atoms with van der Waals surface area (Å²) in [5, 5.41) is 0. The van der Waals surface area contributed by atoms with Gasteiger partial charge in [-0.25, -0.2) is 0 Å². The van der Waals surface area contributed by atoms with Crippen LogP contribution in [0.5, 0.6) is 0 Å². The summed E-state index contributed by atoms with van der Waals surface area (Å²) in [6.07, 6.45) is 20.3. The standard InChI is InChI=1S/C20H41N.CHF3O3S/c1-3-5-7-8-9-10-11-12-13-14-17-21-18-16-20(19-21)15-6-4-2;2-1(3,4)8(5,6)7/h20H,3-19H2,1-2H3;(H,5,6,7). The number of halogens is 3. The van der Waals surface area contributed by atoms with Gasteiger partial charge in [0.2, 0.25) is 0 Å². The summed E-state index contributed by atoms with van der Waals surface area (Å²) in [5.41, 5.74) is -5.53. The van der Waals surface area contributed by atoms with E-state index in [-0.39, 0.29) is 0 Å². The fourth-order valence-electron chi connectivity index (χ4n) is 3.67. The Labute approximate surface area is 176 Å². The first-order valence-electron chi connectivity index (χ1n) is 11.4. The summed E-state index contributed by atoms with van der Waals surface area (Å²) >= 11 is 0. The predicted molar refractivity (Wildman–Crippen MR) is 114 cm³/mol. The average Bonchev–Trinajstić information content (AvgIpc) is 3.08. The molecule has 1 rings (SSSR count). The third kappa shape index (κ3) is 16.1. The fraction of sp³-hybridized carbons (Fsp3) is 1.00. The zero-order valence-electron chi connectivity index (χ0n) is 18.4. The minimum atomic E-state index is -5.84. The zero-order chi connectivity index (χ0) is 22.2. The second-order valence-corrected chi connectivity index (χ2v) is 9.61. The van der Waals surface area contributed by atoms with Crippen LogP contribution in [0.25, 0.3) is 0 Å². The lowest BCUT2D eigenvalue weighted by Crippen LogP contribution is -2.21. The Morgan fingerprint density at radius 3 is 1.76 bits per heavy atom. The molecule has 1 saturated heterocycles. The number of nitrogens with zero attached hydrogens (tertiary/aromatic N) is 1. The number of rotatable bonds is 14. The lowest BCUT2D eigenvalue weighted by molar-refractivity contribution is -0.0510. The molecule has 1 aliphatic rings. The molecule has 1 heterocycles. The van der Waals surface area contributed by atoms with Crippen molar-refractivity contribution in [3.8, 4) is 0 Å². The molecule has 0 amide bonds. The van der Waals surface area contributed by atoms with Gasteiger partial charge in [0.1, 0.15) is 0 Å². The topological polar surface area (TPSA) is 57.6 Å². The molecule has 0 spiro atoms. The van der Waals surface area contributed by atoms with E-state index >= 15 is 0 Å². The Kier molecular flexibility index (Phi) is 16.2. The molecule has 0 bridgehead atoms. The average molecular weight is 446 g/mol. The summed E-state index contributed by atoms with van der Waals surface area (Å²) < 4.78 is 57.5. The van der Waals surface area contributed by atoms with Crippen LogP contribution in [0.15, 0.2) is 0 Å². The maximum absolute atomic E-state index is 10.7. The molecule has 29 heavy (non-hydrogen) atoms. The van der Waals surface area contributed by atoms with Crippen molar-refractivity contribution >= 4 is 10.1 Å². The highest BCUT2D eigenvalue weighted by molar-refractivity contribution is 7.86. The monoisotopic (exact) mass is 445 g/mol. The first kappa shape index (κ1) is 28.7. The van der Waals surface area contributed by atoms with Gasteiger partial charge in [-0.1, -0.05) is 84.5 Å². The number of alkyl halides is 3. The van der Waals surface area contributed by atoms with Crippen LogP contribution in [0.4, 0.5) is 13.2 Å². The SMILES string of the molecule is CCCCCCCCCCCCN1CCC(CCCC)C1.O=S(=O)(O)C(F)(F)F. The van der Waals surface area contributed by atoms with E-state index in [0.29, 0.717) is 0 Å². The van der Waals surface area contributed by atoms with E-state index in [2.05, 4.69) is 18.7 Å². The van der Waals surface area contributed by atoms with Crippen LogP contribution in [-0.4, -0.2) is 43.0 Å². The maximum Gasteiger partial charge on any atom is 0.522 e. The van der Waals surface area contributed by atoms with Crippen LogP contribution >= 0.6 is 0 Å². The fourth-order valence-corrected chi connectivity index (χ4v) is 3.67. The van der Waals surface area contributed by atoms with Gasteiger partial charge in [0.15, 0.2) is 0 Å². The summed E-state index contributed by atoms with van der Waals surface area (Å²) in [7, 11) is -5.84. The zero-order valence-corrected chi connectivity index (χ0v) is 19.2. The molecular weight excluding hydrogens is 403 g/mol. The minimum absolute atomic E-state index is 1.02. The number of hydrogen-bond donors (Lipinski definition) is 1. The van der Waals surface area contributed by atoms with Gasteiger partial charge in [-0.05, 0) is 38.3 Å². The van der Waals surface area contributed by atoms with Gasteiger partial charge in [-0.15, -0.1) is 0 Å². The van der Waals surface area contributed by atoms with Gasteiger partial charge in [-0.2, -0.15) is 21.6 Å². The third-order valence-corrected chi connectivity index (χ3v) is 6.04. The second kappa shape index (κ2) is 16.4. The van der Waals surface area contributed by atoms with Crippen molar-refractivity contribution in [3.05, 3.63) is 0 Å². The van der Waals surface area contributed by atoms with Crippen molar-refractivity contribution in [2.75, 3.05) is 19.6 Å². The number of hydrogen-bond acceptors (Lipinski definition) is 3. The van der Waals surface area contributed by atoms with Crippen molar-refractivity contribution in [3.63, 3.8) is 0 Å². The summed E-state index contributed by atoms with van der Waals surface area (Å²) in [4.78, 5) is 2.73. The molecule has 8 heteroatoms. The molecule has 1 N–H and O–H groups in total. The van der Waals surface area contributed by atoms with Crippen LogP contribution in [-0.2, 0) is 10.1 Å². The van der Waals surface area contributed by atoms with Gasteiger partial charge < -0.3 is 4.90 Å². The Balaban J connectivity index is 0.000000828. The van der Waals surface area contributed by atoms with Gasteiger partial charge in [0.05, 0.1) is 0 Å². The van der Waals surface area contributed by atoms with Gasteiger partial charge in [0.25, 0.3) is 0 Å². The third-order valence-electron chi connectivity index (χ3n) is 5.46. The quantitative estimate of drug-likeness (QED) is 0.181. The molecule has 1 fully saturated rings. The van der Waals surface area contributed by atoms with E-state index in [4.69, 9.17) is 13.0 Å². The van der Waals surface area contributed by atoms with E-state index < -0.39 is 15.6 Å². The highest BCUT2D eigenvalue weighted by atomic mass is 32.2. The van der Waals surface area contributed by atoms with Crippen molar-refractivity contribution in [2.45, 2.75) is 109 Å². The lowest BCUT2D eigenvalue weighted by atomic mass is 10.0. The molecule has 1 aliphatic heterocycles. The summed E-state index contributed by atoms with van der Waals surface area (Å²) in [6.45, 7) is 8.77. The molecule has 0 radical (unpaired) electrons. The first-order valence-corrected chi connectivity index (χ1v) is 12.8. The van der Waals surface area contributed by atoms with E-state index in [0.717, 1.165) is 5.92 Å². The van der Waals surface area contributed by atoms with Crippen molar-refractivity contribution in [2.24, 2.45) is 5.92 Å². The summed E-state index contributed by atoms with van der Waals surface area (Å²) in [5.74, 6) is 1.02. The largest absolute Gasteiger partial charge is 0.522 e. The number of likely N-dealkylation sites (tertiary alicyclic amines) is 1. The van der Waals surface area contributed by atoms with E-state index in [1.165, 1.54) is 110 Å². The van der Waals surface area contributed by atoms with Crippen molar-refractivity contribution in [1.82, 2.24) is 4.90 Å². The first-order chi connectivity index (χ1) is 13.6. The smallest absolute Gasteiger partial charge is 0.303 e. The normalized spacial score (nSPS) is 17.9. The van der Waals surface area contributed by atoms with Gasteiger partial charge in [-0.3, -0.25) is 4.55 Å². The predicted octanol–water partition coefficient (Wildman–Crippen LogP) is 6.81. The van der Waals surface area contributed by atoms with Crippen LogP contribution < -0.4 is 0 Å². The van der Waals surface area contributed by atoms with E-state index in [9.17, 15) is 13.2 Å². The van der Waals surface area contributed by atoms with E-state index in [1.54, 1.807) is 0 Å². The molecule has 0 aliphatic carbocycles. The Bertz CT molecular complexity index is 484. The second-order valence-electron chi connectivity index (χ2n) is 8.20. The number of unbranched alkanes of at least 4 members (excludes halogenated alkanes) is 10. The van der Waals surface area contributed by atoms with Crippen LogP contribution in [0.1, 0.15) is 104 Å². The van der Waals surface area contributed by atoms with Crippen LogP contribution in [0.2, 0.25) is 0 Å². The van der Waals surface area contributed by atoms with Crippen molar-refractivity contribution in [1.29, 1.82) is 0 Å². The lowest BCUT2D eigenvalue weighted by Gasteiger charge is -2.15. The highest BCUT2D eigenvalue weighted by Gasteiger charge is 2.44. The van der Waals surface area contributed by atoms with E-state index in [1.807, 2.05) is 0 Å². The molecule has 4 nitrogen and oxygen atoms in total. The Morgan fingerprint density at radius 2 is 1.31 bits per heavy atom. The molecular formula is C21H42F3NO3S. The Morgan fingerprint density at radius 1 is 0.862 bits per heavy atom. The molecule has 1 atom stereocenters. The molecule has 0 aromatic rings. The molecule has 1 unspecified atom stereocenters. The maximum atomic E-state index is 10.7. The molecule has 0 aromatic carbocycles. The van der Waals surface area contributed by atoms with Crippen LogP contribution in [0.3, 0.4) is 0 Å². The highest BCUT2D eigenvalue weighted by Crippen LogP contribution is 2.22. The van der Waals surface area contributed by atoms with Crippen LogP contribution in [0, 0.1) is 5.92 Å². The summed E-state index contributed by atoms with van der Waals surface area (Å²) in [6, 6.07) is 0. The Hall–Kier alpha value is -0.340. The molecule has 0 aromatic heterocycles. The molecule has 0 saturated carbocycles.